The molecule has 1 aromatic heterocycles. The van der Waals surface area contributed by atoms with Crippen LogP contribution in [0.3, 0.4) is 0 Å². The van der Waals surface area contributed by atoms with Gasteiger partial charge in [0.1, 0.15) is 17.4 Å². The fourth-order valence-corrected chi connectivity index (χ4v) is 2.82. The number of hydrogen-bond acceptors (Lipinski definition) is 3. The van der Waals surface area contributed by atoms with E-state index in [2.05, 4.69) is 10.3 Å². The normalized spacial score (nSPS) is 10.9. The van der Waals surface area contributed by atoms with E-state index in [4.69, 9.17) is 4.74 Å². The zero-order valence-electron chi connectivity index (χ0n) is 14.5. The highest BCUT2D eigenvalue weighted by Crippen LogP contribution is 2.34. The molecule has 6 heteroatoms. The second kappa shape index (κ2) is 6.93. The number of ether oxygens (including phenoxy) is 1. The van der Waals surface area contributed by atoms with Crippen LogP contribution >= 0.6 is 0 Å². The first-order valence-electron chi connectivity index (χ1n) is 8.12. The summed E-state index contributed by atoms with van der Waals surface area (Å²) in [5.74, 6) is 0.765. The van der Waals surface area contributed by atoms with Crippen molar-refractivity contribution < 1.29 is 13.9 Å². The topological polar surface area (TPSA) is 56.1 Å². The Balaban J connectivity index is 2.04. The minimum atomic E-state index is -0.325. The fourth-order valence-electron chi connectivity index (χ4n) is 2.82. The number of aromatic nitrogens is 2. The van der Waals surface area contributed by atoms with Gasteiger partial charge in [-0.05, 0) is 37.6 Å². The molecular formula is C19H20FN3O2. The predicted molar refractivity (Wildman–Crippen MR) is 95.0 cm³/mol. The first-order chi connectivity index (χ1) is 12.0. The van der Waals surface area contributed by atoms with Gasteiger partial charge < -0.3 is 14.6 Å². The Morgan fingerprint density at radius 1 is 1.32 bits per heavy atom. The number of amides is 1. The number of benzene rings is 2. The van der Waals surface area contributed by atoms with E-state index in [9.17, 15) is 9.18 Å². The largest absolute Gasteiger partial charge is 0.483 e. The molecule has 0 aliphatic carbocycles. The lowest BCUT2D eigenvalue weighted by Gasteiger charge is -2.14. The molecule has 3 rings (SSSR count). The number of nitrogens with one attached hydrogen (secondary N) is 1. The Morgan fingerprint density at radius 3 is 2.88 bits per heavy atom. The summed E-state index contributed by atoms with van der Waals surface area (Å²) < 4.78 is 21.2. The average Bonchev–Trinajstić information content (AvgIpc) is 2.89. The first-order valence-corrected chi connectivity index (χ1v) is 8.12. The Labute approximate surface area is 145 Å². The summed E-state index contributed by atoms with van der Waals surface area (Å²) in [5, 5.41) is 2.71. The number of fused-ring (bicyclic) bond motifs is 1. The van der Waals surface area contributed by atoms with Crippen molar-refractivity contribution in [3.05, 3.63) is 47.8 Å². The quantitative estimate of drug-likeness (QED) is 0.775. The van der Waals surface area contributed by atoms with Crippen LogP contribution < -0.4 is 10.1 Å². The summed E-state index contributed by atoms with van der Waals surface area (Å²) in [6, 6.07) is 10.2. The zero-order chi connectivity index (χ0) is 18.0. The van der Waals surface area contributed by atoms with Gasteiger partial charge in [-0.25, -0.2) is 9.37 Å². The van der Waals surface area contributed by atoms with Crippen molar-refractivity contribution in [2.45, 2.75) is 13.8 Å². The van der Waals surface area contributed by atoms with Crippen molar-refractivity contribution in [2.24, 2.45) is 7.05 Å². The van der Waals surface area contributed by atoms with Gasteiger partial charge in [-0.3, -0.25) is 4.79 Å². The molecule has 2 aromatic carbocycles. The lowest BCUT2D eigenvalue weighted by atomic mass is 10.1. The Morgan fingerprint density at radius 2 is 2.12 bits per heavy atom. The van der Waals surface area contributed by atoms with Gasteiger partial charge in [0.05, 0.1) is 16.6 Å². The predicted octanol–water partition coefficient (Wildman–Crippen LogP) is 3.20. The molecular weight excluding hydrogens is 321 g/mol. The standard InChI is InChI=1S/C19H20FN3O2/c1-4-21-17(24)11-25-18-12(2)6-5-7-14(18)19-22-15-10-13(20)8-9-16(15)23(19)3/h5-10H,4,11H2,1-3H3,(H,21,24). The van der Waals surface area contributed by atoms with E-state index in [1.165, 1.54) is 12.1 Å². The highest BCUT2D eigenvalue weighted by atomic mass is 19.1. The van der Waals surface area contributed by atoms with E-state index in [1.54, 1.807) is 6.07 Å². The van der Waals surface area contributed by atoms with Crippen molar-refractivity contribution in [3.63, 3.8) is 0 Å². The molecule has 0 bridgehead atoms. The molecule has 0 aliphatic heterocycles. The number of halogens is 1. The van der Waals surface area contributed by atoms with Crippen LogP contribution in [0.4, 0.5) is 4.39 Å². The molecule has 3 aromatic rings. The number of likely N-dealkylation sites (N-methyl/N-ethyl adjacent to an activating group) is 1. The van der Waals surface area contributed by atoms with E-state index < -0.39 is 0 Å². The van der Waals surface area contributed by atoms with Gasteiger partial charge in [0.15, 0.2) is 6.61 Å². The van der Waals surface area contributed by atoms with Crippen molar-refractivity contribution >= 4 is 16.9 Å². The van der Waals surface area contributed by atoms with Gasteiger partial charge in [-0.1, -0.05) is 12.1 Å². The van der Waals surface area contributed by atoms with Crippen LogP contribution in [-0.2, 0) is 11.8 Å². The molecule has 0 saturated carbocycles. The third kappa shape index (κ3) is 3.33. The van der Waals surface area contributed by atoms with Crippen molar-refractivity contribution in [2.75, 3.05) is 13.2 Å². The molecule has 0 atom stereocenters. The van der Waals surface area contributed by atoms with Gasteiger partial charge in [-0.15, -0.1) is 0 Å². The highest BCUT2D eigenvalue weighted by molar-refractivity contribution is 5.83. The summed E-state index contributed by atoms with van der Waals surface area (Å²) in [6.07, 6.45) is 0. The van der Waals surface area contributed by atoms with Crippen LogP contribution in [0.1, 0.15) is 12.5 Å². The number of carbonyl (C=O) groups is 1. The number of aryl methyl sites for hydroxylation is 2. The van der Waals surface area contributed by atoms with Crippen LogP contribution in [-0.4, -0.2) is 28.6 Å². The minimum Gasteiger partial charge on any atom is -0.483 e. The fraction of sp³-hybridized carbons (Fsp3) is 0.263. The molecule has 130 valence electrons. The molecule has 1 heterocycles. The van der Waals surface area contributed by atoms with Crippen molar-refractivity contribution in [1.29, 1.82) is 0 Å². The summed E-state index contributed by atoms with van der Waals surface area (Å²) in [5.41, 5.74) is 3.07. The summed E-state index contributed by atoms with van der Waals surface area (Å²) in [7, 11) is 1.87. The third-order valence-corrected chi connectivity index (χ3v) is 4.02. The van der Waals surface area contributed by atoms with Gasteiger partial charge >= 0.3 is 0 Å². The molecule has 0 fully saturated rings. The number of para-hydroxylation sites is 1. The summed E-state index contributed by atoms with van der Waals surface area (Å²) in [6.45, 7) is 4.26. The second-order valence-corrected chi connectivity index (χ2v) is 5.82. The van der Waals surface area contributed by atoms with E-state index >= 15 is 0 Å². The maximum Gasteiger partial charge on any atom is 0.257 e. The van der Waals surface area contributed by atoms with Gasteiger partial charge in [-0.2, -0.15) is 0 Å². The lowest BCUT2D eigenvalue weighted by Crippen LogP contribution is -2.28. The Bertz CT molecular complexity index is 934. The molecule has 1 N–H and O–H groups in total. The number of carbonyl (C=O) groups excluding carboxylic acids is 1. The third-order valence-electron chi connectivity index (χ3n) is 4.02. The molecule has 0 unspecified atom stereocenters. The van der Waals surface area contributed by atoms with E-state index in [1.807, 2.05) is 43.7 Å². The maximum absolute atomic E-state index is 13.5. The molecule has 0 saturated heterocycles. The van der Waals surface area contributed by atoms with Crippen molar-refractivity contribution in [1.82, 2.24) is 14.9 Å². The molecule has 25 heavy (non-hydrogen) atoms. The zero-order valence-corrected chi connectivity index (χ0v) is 14.5. The second-order valence-electron chi connectivity index (χ2n) is 5.82. The van der Waals surface area contributed by atoms with Gasteiger partial charge in [0.2, 0.25) is 0 Å². The SMILES string of the molecule is CCNC(=O)COc1c(C)cccc1-c1nc2cc(F)ccc2n1C. The molecule has 0 radical (unpaired) electrons. The van der Waals surface area contributed by atoms with Crippen molar-refractivity contribution in [3.8, 4) is 17.1 Å². The Kier molecular flexibility index (Phi) is 4.70. The van der Waals surface area contributed by atoms with E-state index in [-0.39, 0.29) is 18.3 Å². The number of nitrogens with zero attached hydrogens (tertiary/aromatic N) is 2. The van der Waals surface area contributed by atoms with Crippen LogP contribution in [0.15, 0.2) is 36.4 Å². The number of rotatable bonds is 5. The van der Waals surface area contributed by atoms with E-state index in [0.717, 1.165) is 16.6 Å². The Hall–Kier alpha value is -2.89. The smallest absolute Gasteiger partial charge is 0.257 e. The molecule has 0 spiro atoms. The van der Waals surface area contributed by atoms with E-state index in [0.29, 0.717) is 23.6 Å². The van der Waals surface area contributed by atoms with Gasteiger partial charge in [0, 0.05) is 19.7 Å². The summed E-state index contributed by atoms with van der Waals surface area (Å²) in [4.78, 5) is 16.3. The highest BCUT2D eigenvalue weighted by Gasteiger charge is 2.17. The maximum atomic E-state index is 13.5. The monoisotopic (exact) mass is 341 g/mol. The van der Waals surface area contributed by atoms with Crippen LogP contribution in [0.5, 0.6) is 5.75 Å². The van der Waals surface area contributed by atoms with Crippen LogP contribution in [0, 0.1) is 12.7 Å². The lowest BCUT2D eigenvalue weighted by molar-refractivity contribution is -0.122. The average molecular weight is 341 g/mol. The summed E-state index contributed by atoms with van der Waals surface area (Å²) >= 11 is 0. The minimum absolute atomic E-state index is 0.0652. The first kappa shape index (κ1) is 17.0. The molecule has 1 amide bonds. The van der Waals surface area contributed by atoms with Gasteiger partial charge in [0.25, 0.3) is 5.91 Å². The molecule has 0 aliphatic rings. The van der Waals surface area contributed by atoms with Crippen LogP contribution in [0.2, 0.25) is 0 Å². The van der Waals surface area contributed by atoms with Crippen LogP contribution in [0.25, 0.3) is 22.4 Å². The molecule has 5 nitrogen and oxygen atoms in total. The number of imidazole rings is 1. The number of hydrogen-bond donors (Lipinski definition) is 1.